The van der Waals surface area contributed by atoms with Gasteiger partial charge in [0, 0.05) is 11.1 Å². The van der Waals surface area contributed by atoms with Gasteiger partial charge in [0.2, 0.25) is 5.12 Å². The summed E-state index contributed by atoms with van der Waals surface area (Å²) in [5.74, 6) is 2.85. The van der Waals surface area contributed by atoms with Gasteiger partial charge in [0.25, 0.3) is 0 Å². The minimum atomic E-state index is -0.212. The molecule has 4 fully saturated rings. The summed E-state index contributed by atoms with van der Waals surface area (Å²) in [6, 6.07) is 5.25. The summed E-state index contributed by atoms with van der Waals surface area (Å²) in [6.07, 6.45) is 7.71. The zero-order valence-corrected chi connectivity index (χ0v) is 12.4. The van der Waals surface area contributed by atoms with Crippen LogP contribution in [0, 0.1) is 17.8 Å². The maximum absolute atomic E-state index is 11.5. The molecule has 0 unspecified atom stereocenters. The van der Waals surface area contributed by atoms with Gasteiger partial charge in [0.15, 0.2) is 0 Å². The molecule has 5 rings (SSSR count). The van der Waals surface area contributed by atoms with E-state index in [1.807, 2.05) is 6.07 Å². The summed E-state index contributed by atoms with van der Waals surface area (Å²) >= 11 is 3.93. The van der Waals surface area contributed by atoms with Crippen LogP contribution in [-0.2, 0) is 5.41 Å². The Balaban J connectivity index is 1.80. The molecule has 0 aliphatic heterocycles. The first kappa shape index (κ1) is 12.8. The van der Waals surface area contributed by atoms with E-state index in [-0.39, 0.29) is 10.5 Å². The van der Waals surface area contributed by atoms with Crippen LogP contribution in [0.3, 0.4) is 0 Å². The van der Waals surface area contributed by atoms with E-state index in [2.05, 4.69) is 12.6 Å². The van der Waals surface area contributed by atoms with Crippen molar-refractivity contribution in [3.05, 3.63) is 29.3 Å². The van der Waals surface area contributed by atoms with Gasteiger partial charge in [-0.15, -0.1) is 12.6 Å². The Kier molecular flexibility index (Phi) is 2.72. The zero-order valence-electron chi connectivity index (χ0n) is 11.5. The molecule has 20 heavy (non-hydrogen) atoms. The Bertz CT molecular complexity index is 543. The van der Waals surface area contributed by atoms with Crippen LogP contribution in [0.1, 0.15) is 54.4 Å². The molecule has 0 radical (unpaired) electrons. The lowest BCUT2D eigenvalue weighted by atomic mass is 9.48. The zero-order chi connectivity index (χ0) is 13.9. The second kappa shape index (κ2) is 4.27. The number of phenols is 1. The van der Waals surface area contributed by atoms with Gasteiger partial charge in [0.1, 0.15) is 5.75 Å². The van der Waals surface area contributed by atoms with Gasteiger partial charge in [-0.25, -0.2) is 0 Å². The van der Waals surface area contributed by atoms with E-state index in [0.29, 0.717) is 11.3 Å². The fraction of sp³-hybridized carbons (Fsp3) is 0.588. The molecule has 4 bridgehead atoms. The number of benzene rings is 1. The topological polar surface area (TPSA) is 37.3 Å². The Hall–Kier alpha value is -0.960. The second-order valence-electron chi connectivity index (χ2n) is 7.23. The fourth-order valence-electron chi connectivity index (χ4n) is 5.53. The van der Waals surface area contributed by atoms with E-state index in [1.54, 1.807) is 12.1 Å². The first-order valence-corrected chi connectivity index (χ1v) is 8.07. The predicted octanol–water partition coefficient (Wildman–Crippen LogP) is 3.93. The molecule has 0 saturated heterocycles. The third-order valence-corrected chi connectivity index (χ3v) is 6.11. The highest BCUT2D eigenvalue weighted by atomic mass is 32.1. The Labute approximate surface area is 125 Å². The smallest absolute Gasteiger partial charge is 0.216 e. The molecular weight excluding hydrogens is 268 g/mol. The van der Waals surface area contributed by atoms with Gasteiger partial charge in [-0.3, -0.25) is 4.79 Å². The Morgan fingerprint density at radius 1 is 1.10 bits per heavy atom. The van der Waals surface area contributed by atoms with Gasteiger partial charge >= 0.3 is 0 Å². The van der Waals surface area contributed by atoms with Crippen molar-refractivity contribution in [1.29, 1.82) is 0 Å². The largest absolute Gasteiger partial charge is 0.508 e. The molecule has 0 aromatic heterocycles. The molecule has 0 atom stereocenters. The average Bonchev–Trinajstić information content (AvgIpc) is 2.37. The van der Waals surface area contributed by atoms with Crippen molar-refractivity contribution in [2.45, 2.75) is 43.9 Å². The van der Waals surface area contributed by atoms with Gasteiger partial charge in [-0.2, -0.15) is 0 Å². The predicted molar refractivity (Wildman–Crippen MR) is 81.3 cm³/mol. The number of aromatic hydroxyl groups is 1. The highest BCUT2D eigenvalue weighted by molar-refractivity contribution is 7.97. The van der Waals surface area contributed by atoms with Crippen LogP contribution in [0.25, 0.3) is 0 Å². The number of rotatable bonds is 2. The van der Waals surface area contributed by atoms with Crippen LogP contribution in [0.15, 0.2) is 18.2 Å². The van der Waals surface area contributed by atoms with E-state index in [0.717, 1.165) is 23.3 Å². The standard InChI is InChI=1S/C17H20O2S/c18-15-2-1-13(16(19)20)6-14(15)17-7-10-3-11(8-17)5-12(4-10)9-17/h1-2,6,10-12,18H,3-5,7-9H2,(H,19,20). The number of carbonyl (C=O) groups excluding carboxylic acids is 1. The van der Waals surface area contributed by atoms with Gasteiger partial charge in [-0.05, 0) is 79.9 Å². The summed E-state index contributed by atoms with van der Waals surface area (Å²) in [4.78, 5) is 11.5. The Morgan fingerprint density at radius 3 is 2.15 bits per heavy atom. The minimum Gasteiger partial charge on any atom is -0.508 e. The fourth-order valence-corrected chi connectivity index (χ4v) is 5.67. The van der Waals surface area contributed by atoms with E-state index in [4.69, 9.17) is 0 Å². The number of carbonyl (C=O) groups is 1. The number of hydrogen-bond donors (Lipinski definition) is 2. The summed E-state index contributed by atoms with van der Waals surface area (Å²) in [5.41, 5.74) is 1.74. The quantitative estimate of drug-likeness (QED) is 0.809. The van der Waals surface area contributed by atoms with Crippen LogP contribution in [0.5, 0.6) is 5.75 Å². The van der Waals surface area contributed by atoms with Crippen LogP contribution in [-0.4, -0.2) is 10.2 Å². The van der Waals surface area contributed by atoms with Crippen molar-refractivity contribution in [3.8, 4) is 5.75 Å². The highest BCUT2D eigenvalue weighted by Gasteiger charge is 2.52. The summed E-state index contributed by atoms with van der Waals surface area (Å²) in [6.45, 7) is 0. The van der Waals surface area contributed by atoms with Crippen molar-refractivity contribution in [2.75, 3.05) is 0 Å². The third-order valence-electron chi connectivity index (χ3n) is 5.85. The maximum Gasteiger partial charge on any atom is 0.216 e. The Morgan fingerprint density at radius 2 is 1.65 bits per heavy atom. The summed E-state index contributed by atoms with van der Waals surface area (Å²) < 4.78 is 0. The first-order valence-electron chi connectivity index (χ1n) is 7.62. The first-order chi connectivity index (χ1) is 9.56. The highest BCUT2D eigenvalue weighted by Crippen LogP contribution is 2.61. The lowest BCUT2D eigenvalue weighted by Crippen LogP contribution is -2.48. The van der Waals surface area contributed by atoms with Crippen molar-refractivity contribution in [2.24, 2.45) is 17.8 Å². The van der Waals surface area contributed by atoms with E-state index < -0.39 is 0 Å². The van der Waals surface area contributed by atoms with Crippen LogP contribution < -0.4 is 0 Å². The summed E-state index contributed by atoms with van der Waals surface area (Å²) in [7, 11) is 0. The number of phenolic OH excluding ortho intramolecular Hbond substituents is 1. The minimum absolute atomic E-state index is 0.123. The normalized spacial score (nSPS) is 38.1. The van der Waals surface area contributed by atoms with Crippen LogP contribution in [0.2, 0.25) is 0 Å². The van der Waals surface area contributed by atoms with Crippen molar-refractivity contribution < 1.29 is 9.90 Å². The molecule has 4 saturated carbocycles. The average molecular weight is 288 g/mol. The maximum atomic E-state index is 11.5. The number of hydrogen-bond acceptors (Lipinski definition) is 2. The molecule has 1 aromatic carbocycles. The molecule has 4 aliphatic carbocycles. The monoisotopic (exact) mass is 288 g/mol. The molecule has 106 valence electrons. The van der Waals surface area contributed by atoms with Crippen molar-refractivity contribution in [1.82, 2.24) is 0 Å². The molecular formula is C17H20O2S. The van der Waals surface area contributed by atoms with Crippen molar-refractivity contribution >= 4 is 17.7 Å². The van der Waals surface area contributed by atoms with Gasteiger partial charge in [0.05, 0.1) is 0 Å². The van der Waals surface area contributed by atoms with E-state index in [1.165, 1.54) is 38.5 Å². The molecule has 3 heteroatoms. The lowest BCUT2D eigenvalue weighted by molar-refractivity contribution is -0.00614. The van der Waals surface area contributed by atoms with Gasteiger partial charge < -0.3 is 5.11 Å². The molecule has 2 nitrogen and oxygen atoms in total. The number of thiol groups is 1. The molecule has 0 heterocycles. The van der Waals surface area contributed by atoms with E-state index >= 15 is 0 Å². The van der Waals surface area contributed by atoms with Gasteiger partial charge in [-0.1, -0.05) is 0 Å². The molecule has 4 aliphatic rings. The molecule has 0 spiro atoms. The SMILES string of the molecule is O=C(S)c1ccc(O)c(C23CC4CC(CC(C4)C2)C3)c1. The van der Waals surface area contributed by atoms with E-state index in [9.17, 15) is 9.90 Å². The van der Waals surface area contributed by atoms with Crippen LogP contribution in [0.4, 0.5) is 0 Å². The second-order valence-corrected chi connectivity index (χ2v) is 7.64. The molecule has 0 amide bonds. The lowest BCUT2D eigenvalue weighted by Gasteiger charge is -2.57. The molecule has 1 aromatic rings. The molecule has 1 N–H and O–H groups in total. The third kappa shape index (κ3) is 1.82. The van der Waals surface area contributed by atoms with Crippen LogP contribution >= 0.6 is 12.6 Å². The van der Waals surface area contributed by atoms with Crippen molar-refractivity contribution in [3.63, 3.8) is 0 Å². The summed E-state index contributed by atoms with van der Waals surface area (Å²) in [5, 5.41) is 10.1.